The van der Waals surface area contributed by atoms with Crippen LogP contribution in [-0.2, 0) is 0 Å². The Balaban J connectivity index is 1.55. The summed E-state index contributed by atoms with van der Waals surface area (Å²) >= 11 is 6.23. The second-order valence-corrected chi connectivity index (χ2v) is 8.95. The van der Waals surface area contributed by atoms with E-state index in [9.17, 15) is 14.9 Å². The molecule has 7 nitrogen and oxygen atoms in total. The van der Waals surface area contributed by atoms with E-state index in [2.05, 4.69) is 21.7 Å². The number of hydrogen-bond acceptors (Lipinski definition) is 5. The summed E-state index contributed by atoms with van der Waals surface area (Å²) in [5.74, 6) is -0.651. The van der Waals surface area contributed by atoms with Crippen LogP contribution in [-0.4, -0.2) is 21.9 Å². The Bertz CT molecular complexity index is 1800. The third kappa shape index (κ3) is 4.35. The van der Waals surface area contributed by atoms with Crippen molar-refractivity contribution in [2.24, 2.45) is 5.10 Å². The minimum absolute atomic E-state index is 0.0900. The van der Waals surface area contributed by atoms with Crippen molar-refractivity contribution in [3.05, 3.63) is 116 Å². The fourth-order valence-corrected chi connectivity index (χ4v) is 4.41. The molecule has 1 N–H and O–H groups in total. The molecule has 180 valence electrons. The van der Waals surface area contributed by atoms with Gasteiger partial charge >= 0.3 is 0 Å². The third-order valence-corrected chi connectivity index (χ3v) is 6.64. The van der Waals surface area contributed by atoms with Crippen molar-refractivity contribution in [1.82, 2.24) is 15.2 Å². The van der Waals surface area contributed by atoms with Gasteiger partial charge in [-0.3, -0.25) is 9.59 Å². The molecule has 0 fully saturated rings. The number of aromatic nitrogens is 2. The van der Waals surface area contributed by atoms with Gasteiger partial charge in [0.15, 0.2) is 5.69 Å². The highest BCUT2D eigenvalue weighted by Crippen LogP contribution is 2.27. The van der Waals surface area contributed by atoms with E-state index in [1.54, 1.807) is 24.4 Å². The minimum Gasteiger partial charge on any atom is -0.266 e. The summed E-state index contributed by atoms with van der Waals surface area (Å²) in [5, 5.41) is 22.6. The number of rotatable bonds is 4. The van der Waals surface area contributed by atoms with Gasteiger partial charge in [-0.25, -0.2) is 5.43 Å². The number of nitriles is 1. The molecule has 5 aromatic rings. The molecule has 0 aliphatic heterocycles. The van der Waals surface area contributed by atoms with Crippen LogP contribution in [0.15, 0.2) is 82.7 Å². The normalized spacial score (nSPS) is 11.2. The van der Waals surface area contributed by atoms with E-state index in [4.69, 9.17) is 11.6 Å². The Hall–Kier alpha value is -4.80. The molecule has 5 rings (SSSR count). The Morgan fingerprint density at radius 3 is 2.30 bits per heavy atom. The van der Waals surface area contributed by atoms with Crippen LogP contribution in [0.25, 0.3) is 27.2 Å². The number of carbonyl (C=O) groups is 1. The molecular formula is C29H20ClN5O2. The van der Waals surface area contributed by atoms with Gasteiger partial charge in [-0.05, 0) is 59.2 Å². The monoisotopic (exact) mass is 505 g/mol. The number of halogens is 1. The standard InChI is InChI=1S/C29H20ClN5O2/c1-17-11-12-21(14-26(17)30)35-29(37)24(15-31)18(2)27(34-35)28(36)33-32-16-25-22-9-5-3-7-19(22)13-20-8-4-6-10-23(20)25/h3-14,16H,1-2H3,(H,33,36). The number of hydrogen-bond donors (Lipinski definition) is 1. The zero-order valence-corrected chi connectivity index (χ0v) is 20.7. The Labute approximate surface area is 217 Å². The van der Waals surface area contributed by atoms with Gasteiger partial charge in [0.2, 0.25) is 0 Å². The summed E-state index contributed by atoms with van der Waals surface area (Å²) in [6.07, 6.45) is 1.60. The van der Waals surface area contributed by atoms with Crippen LogP contribution in [0.5, 0.6) is 0 Å². The third-order valence-electron chi connectivity index (χ3n) is 6.24. The topological polar surface area (TPSA) is 100 Å². The number of carbonyl (C=O) groups excluding carboxylic acids is 1. The first-order valence-corrected chi connectivity index (χ1v) is 11.8. The van der Waals surface area contributed by atoms with Crippen LogP contribution in [0.1, 0.15) is 32.7 Å². The Morgan fingerprint density at radius 2 is 1.68 bits per heavy atom. The molecule has 0 unspecified atom stereocenters. The quantitative estimate of drug-likeness (QED) is 0.199. The summed E-state index contributed by atoms with van der Waals surface area (Å²) in [4.78, 5) is 26.0. The summed E-state index contributed by atoms with van der Waals surface area (Å²) < 4.78 is 1.01. The first-order chi connectivity index (χ1) is 17.9. The molecule has 0 radical (unpaired) electrons. The zero-order chi connectivity index (χ0) is 26.1. The highest BCUT2D eigenvalue weighted by Gasteiger charge is 2.20. The van der Waals surface area contributed by atoms with Crippen LogP contribution in [0.4, 0.5) is 0 Å². The van der Waals surface area contributed by atoms with Gasteiger partial charge in [0.1, 0.15) is 11.6 Å². The largest absolute Gasteiger partial charge is 0.292 e. The fraction of sp³-hybridized carbons (Fsp3) is 0.0690. The number of aryl methyl sites for hydroxylation is 1. The molecule has 0 spiro atoms. The molecule has 1 aromatic heterocycles. The predicted octanol–water partition coefficient (Wildman–Crippen LogP) is 5.44. The fourth-order valence-electron chi connectivity index (χ4n) is 4.24. The second-order valence-electron chi connectivity index (χ2n) is 8.54. The van der Waals surface area contributed by atoms with Crippen LogP contribution in [0.3, 0.4) is 0 Å². The molecule has 0 saturated carbocycles. The maximum absolute atomic E-state index is 13.1. The van der Waals surface area contributed by atoms with Crippen molar-refractivity contribution in [3.8, 4) is 11.8 Å². The first kappa shape index (κ1) is 23.9. The van der Waals surface area contributed by atoms with E-state index in [1.807, 2.05) is 61.5 Å². The summed E-state index contributed by atoms with van der Waals surface area (Å²) in [5.41, 5.74) is 3.79. The molecule has 0 saturated heterocycles. The molecule has 37 heavy (non-hydrogen) atoms. The number of benzene rings is 4. The molecule has 0 bridgehead atoms. The van der Waals surface area contributed by atoms with Crippen molar-refractivity contribution >= 4 is 45.3 Å². The summed E-state index contributed by atoms with van der Waals surface area (Å²) in [6, 6.07) is 24.8. The Morgan fingerprint density at radius 1 is 1.03 bits per heavy atom. The van der Waals surface area contributed by atoms with Gasteiger partial charge in [0, 0.05) is 16.1 Å². The second kappa shape index (κ2) is 9.69. The van der Waals surface area contributed by atoms with Crippen LogP contribution in [0.2, 0.25) is 5.02 Å². The smallest absolute Gasteiger partial charge is 0.266 e. The molecule has 8 heteroatoms. The summed E-state index contributed by atoms with van der Waals surface area (Å²) in [7, 11) is 0. The van der Waals surface area contributed by atoms with Gasteiger partial charge < -0.3 is 0 Å². The van der Waals surface area contributed by atoms with Crippen LogP contribution >= 0.6 is 11.6 Å². The molecular weight excluding hydrogens is 486 g/mol. The number of fused-ring (bicyclic) bond motifs is 2. The molecule has 0 atom stereocenters. The van der Waals surface area contributed by atoms with Gasteiger partial charge in [0.25, 0.3) is 11.5 Å². The number of hydrazone groups is 1. The van der Waals surface area contributed by atoms with E-state index >= 15 is 0 Å². The lowest BCUT2D eigenvalue weighted by atomic mass is 9.97. The number of nitrogens with zero attached hydrogens (tertiary/aromatic N) is 4. The van der Waals surface area contributed by atoms with E-state index in [-0.39, 0.29) is 16.8 Å². The van der Waals surface area contributed by atoms with E-state index in [0.717, 1.165) is 37.4 Å². The number of amides is 1. The van der Waals surface area contributed by atoms with Crippen molar-refractivity contribution < 1.29 is 4.79 Å². The van der Waals surface area contributed by atoms with Gasteiger partial charge in [-0.2, -0.15) is 20.1 Å². The van der Waals surface area contributed by atoms with Gasteiger partial charge in [-0.15, -0.1) is 0 Å². The SMILES string of the molecule is Cc1ccc(-n2nc(C(=O)NN=Cc3c4ccccc4cc4ccccc34)c(C)c(C#N)c2=O)cc1Cl. The van der Waals surface area contributed by atoms with E-state index in [0.29, 0.717) is 10.7 Å². The molecule has 1 amide bonds. The van der Waals surface area contributed by atoms with Crippen molar-refractivity contribution in [1.29, 1.82) is 5.26 Å². The van der Waals surface area contributed by atoms with E-state index in [1.165, 1.54) is 6.92 Å². The van der Waals surface area contributed by atoms with Crippen LogP contribution < -0.4 is 11.0 Å². The molecule has 0 aliphatic rings. The van der Waals surface area contributed by atoms with Gasteiger partial charge in [0.05, 0.1) is 11.9 Å². The first-order valence-electron chi connectivity index (χ1n) is 11.4. The van der Waals surface area contributed by atoms with Crippen molar-refractivity contribution in [2.75, 3.05) is 0 Å². The maximum Gasteiger partial charge on any atom is 0.292 e. The average Bonchev–Trinajstić information content (AvgIpc) is 2.90. The molecule has 4 aromatic carbocycles. The lowest BCUT2D eigenvalue weighted by molar-refractivity contribution is 0.0947. The van der Waals surface area contributed by atoms with E-state index < -0.39 is 11.5 Å². The maximum atomic E-state index is 13.1. The average molecular weight is 506 g/mol. The summed E-state index contributed by atoms with van der Waals surface area (Å²) in [6.45, 7) is 3.34. The molecule has 0 aliphatic carbocycles. The lowest BCUT2D eigenvalue weighted by Gasteiger charge is -2.11. The molecule has 1 heterocycles. The lowest BCUT2D eigenvalue weighted by Crippen LogP contribution is -2.31. The Kier molecular flexibility index (Phi) is 6.26. The zero-order valence-electron chi connectivity index (χ0n) is 20.0. The highest BCUT2D eigenvalue weighted by molar-refractivity contribution is 6.31. The highest BCUT2D eigenvalue weighted by atomic mass is 35.5. The van der Waals surface area contributed by atoms with Crippen molar-refractivity contribution in [3.63, 3.8) is 0 Å². The minimum atomic E-state index is -0.651. The predicted molar refractivity (Wildman–Crippen MR) is 146 cm³/mol. The van der Waals surface area contributed by atoms with Crippen molar-refractivity contribution in [2.45, 2.75) is 13.8 Å². The number of nitrogens with one attached hydrogen (secondary N) is 1. The van der Waals surface area contributed by atoms with Gasteiger partial charge in [-0.1, -0.05) is 66.2 Å². The van der Waals surface area contributed by atoms with Crippen LogP contribution in [0, 0.1) is 25.2 Å².